The normalized spacial score (nSPS) is 11.4. The Balaban J connectivity index is 1.33. The van der Waals surface area contributed by atoms with Crippen LogP contribution in [0.4, 0.5) is 0 Å². The van der Waals surface area contributed by atoms with Gasteiger partial charge in [-0.25, -0.2) is 4.98 Å². The molecule has 0 aliphatic carbocycles. The predicted octanol–water partition coefficient (Wildman–Crippen LogP) is 4.39. The van der Waals surface area contributed by atoms with Crippen LogP contribution in [-0.4, -0.2) is 37.7 Å². The zero-order valence-electron chi connectivity index (χ0n) is 18.8. The summed E-state index contributed by atoms with van der Waals surface area (Å²) in [7, 11) is 1.58. The Kier molecular flexibility index (Phi) is 6.00. The van der Waals surface area contributed by atoms with Gasteiger partial charge in [0.15, 0.2) is 0 Å². The largest absolute Gasteiger partial charge is 0.378 e. The molecular formula is C25H23ClN6O2. The van der Waals surface area contributed by atoms with Crippen LogP contribution >= 0.6 is 11.6 Å². The van der Waals surface area contributed by atoms with Crippen molar-refractivity contribution in [3.63, 3.8) is 0 Å². The van der Waals surface area contributed by atoms with E-state index in [1.165, 1.54) is 0 Å². The SMILES string of the molecule is COCc1nn(Cc2ccc3nc(C)ccc3c2)cc1C(=O)NCc1cnc2[nH]cc(Cl)c2c1. The van der Waals surface area contributed by atoms with Crippen molar-refractivity contribution in [1.29, 1.82) is 0 Å². The zero-order valence-corrected chi connectivity index (χ0v) is 19.6. The fourth-order valence-corrected chi connectivity index (χ4v) is 4.13. The van der Waals surface area contributed by atoms with Crippen molar-refractivity contribution in [2.24, 2.45) is 0 Å². The van der Waals surface area contributed by atoms with E-state index < -0.39 is 0 Å². The maximum atomic E-state index is 13.0. The van der Waals surface area contributed by atoms with Gasteiger partial charge in [0.2, 0.25) is 0 Å². The van der Waals surface area contributed by atoms with Gasteiger partial charge in [0, 0.05) is 48.7 Å². The van der Waals surface area contributed by atoms with E-state index in [2.05, 4.69) is 37.5 Å². The average Bonchev–Trinajstić information content (AvgIpc) is 3.41. The number of hydrogen-bond acceptors (Lipinski definition) is 5. The van der Waals surface area contributed by atoms with Crippen molar-refractivity contribution in [2.75, 3.05) is 7.11 Å². The standard InChI is InChI=1S/C25H23ClN6O2/c1-15-3-5-18-7-16(4-6-22(18)30-15)12-32-13-20(23(31-32)14-34-2)25(33)29-10-17-8-19-21(26)11-28-24(19)27-9-17/h3-9,11,13H,10,12,14H2,1-2H3,(H,27,28)(H,29,33). The van der Waals surface area contributed by atoms with Gasteiger partial charge in [0.25, 0.3) is 5.91 Å². The lowest BCUT2D eigenvalue weighted by molar-refractivity contribution is 0.0946. The van der Waals surface area contributed by atoms with Crippen molar-refractivity contribution < 1.29 is 9.53 Å². The molecule has 9 heteroatoms. The van der Waals surface area contributed by atoms with Crippen molar-refractivity contribution in [2.45, 2.75) is 26.6 Å². The first-order valence-electron chi connectivity index (χ1n) is 10.8. The van der Waals surface area contributed by atoms with Crippen LogP contribution in [0, 0.1) is 6.92 Å². The Labute approximate surface area is 200 Å². The van der Waals surface area contributed by atoms with Gasteiger partial charge in [-0.15, -0.1) is 0 Å². The van der Waals surface area contributed by atoms with E-state index in [4.69, 9.17) is 16.3 Å². The van der Waals surface area contributed by atoms with E-state index in [1.54, 1.807) is 30.4 Å². The molecule has 8 nitrogen and oxygen atoms in total. The van der Waals surface area contributed by atoms with Gasteiger partial charge < -0.3 is 15.0 Å². The number of nitrogens with zero attached hydrogens (tertiary/aromatic N) is 4. The van der Waals surface area contributed by atoms with Crippen LogP contribution in [0.25, 0.3) is 21.9 Å². The molecule has 1 aromatic carbocycles. The molecule has 0 saturated heterocycles. The van der Waals surface area contributed by atoms with Gasteiger partial charge in [-0.3, -0.25) is 14.5 Å². The maximum absolute atomic E-state index is 13.0. The van der Waals surface area contributed by atoms with E-state index in [1.807, 2.05) is 31.2 Å². The molecule has 34 heavy (non-hydrogen) atoms. The van der Waals surface area contributed by atoms with Crippen LogP contribution in [0.3, 0.4) is 0 Å². The molecule has 0 radical (unpaired) electrons. The minimum Gasteiger partial charge on any atom is -0.378 e. The maximum Gasteiger partial charge on any atom is 0.255 e. The Morgan fingerprint density at radius 1 is 1.21 bits per heavy atom. The number of pyridine rings is 2. The number of nitrogens with one attached hydrogen (secondary N) is 2. The molecule has 5 rings (SSSR count). The highest BCUT2D eigenvalue weighted by Crippen LogP contribution is 2.22. The number of aromatic amines is 1. The second-order valence-electron chi connectivity index (χ2n) is 8.16. The van der Waals surface area contributed by atoms with Gasteiger partial charge in [-0.05, 0) is 42.3 Å². The van der Waals surface area contributed by atoms with E-state index in [-0.39, 0.29) is 12.5 Å². The number of carbonyl (C=O) groups excluding carboxylic acids is 1. The van der Waals surface area contributed by atoms with Crippen molar-refractivity contribution >= 4 is 39.4 Å². The van der Waals surface area contributed by atoms with Crippen LogP contribution < -0.4 is 5.32 Å². The van der Waals surface area contributed by atoms with Crippen LogP contribution in [0.2, 0.25) is 5.02 Å². The summed E-state index contributed by atoms with van der Waals surface area (Å²) < 4.78 is 7.04. The molecule has 0 aliphatic rings. The molecule has 4 heterocycles. The van der Waals surface area contributed by atoms with Gasteiger partial charge in [0.1, 0.15) is 11.3 Å². The summed E-state index contributed by atoms with van der Waals surface area (Å²) >= 11 is 6.18. The molecule has 4 aromatic heterocycles. The van der Waals surface area contributed by atoms with Crippen LogP contribution in [0.1, 0.15) is 32.9 Å². The molecule has 0 bridgehead atoms. The summed E-state index contributed by atoms with van der Waals surface area (Å²) in [5.74, 6) is -0.225. The number of methoxy groups -OCH3 is 1. The molecule has 0 aliphatic heterocycles. The fraction of sp³-hybridized carbons (Fsp3) is 0.200. The lowest BCUT2D eigenvalue weighted by atomic mass is 10.1. The minimum atomic E-state index is -0.225. The number of ether oxygens (including phenoxy) is 1. The lowest BCUT2D eigenvalue weighted by Gasteiger charge is -2.05. The molecular weight excluding hydrogens is 452 g/mol. The van der Waals surface area contributed by atoms with E-state index in [9.17, 15) is 4.79 Å². The Hall–Kier alpha value is -3.75. The molecule has 5 aromatic rings. The number of benzene rings is 1. The first kappa shape index (κ1) is 22.1. The molecule has 0 fully saturated rings. The fourth-order valence-electron chi connectivity index (χ4n) is 3.93. The van der Waals surface area contributed by atoms with Gasteiger partial charge in [0.05, 0.1) is 29.3 Å². The highest BCUT2D eigenvalue weighted by molar-refractivity contribution is 6.35. The van der Waals surface area contributed by atoms with Crippen LogP contribution in [0.15, 0.2) is 55.0 Å². The second kappa shape index (κ2) is 9.24. The highest BCUT2D eigenvalue weighted by atomic mass is 35.5. The Bertz CT molecular complexity index is 1510. The number of amides is 1. The lowest BCUT2D eigenvalue weighted by Crippen LogP contribution is -2.23. The summed E-state index contributed by atoms with van der Waals surface area (Å²) in [5, 5.41) is 10.0. The number of rotatable bonds is 7. The summed E-state index contributed by atoms with van der Waals surface area (Å²) in [5.41, 5.74) is 5.64. The predicted molar refractivity (Wildman–Crippen MR) is 131 cm³/mol. The molecule has 172 valence electrons. The van der Waals surface area contributed by atoms with Gasteiger partial charge in [-0.1, -0.05) is 23.7 Å². The number of carbonyl (C=O) groups is 1. The number of fused-ring (bicyclic) bond motifs is 2. The smallest absolute Gasteiger partial charge is 0.255 e. The number of H-pyrrole nitrogens is 1. The third-order valence-electron chi connectivity index (χ3n) is 5.59. The van der Waals surface area contributed by atoms with E-state index >= 15 is 0 Å². The first-order chi connectivity index (χ1) is 16.5. The van der Waals surface area contributed by atoms with Crippen molar-refractivity contribution in [1.82, 2.24) is 30.0 Å². The molecule has 0 atom stereocenters. The third kappa shape index (κ3) is 4.50. The molecule has 0 saturated carbocycles. The number of halogens is 1. The monoisotopic (exact) mass is 474 g/mol. The number of hydrogen-bond donors (Lipinski definition) is 2. The molecule has 0 unspecified atom stereocenters. The van der Waals surface area contributed by atoms with Crippen LogP contribution in [-0.2, 0) is 24.4 Å². The Morgan fingerprint density at radius 2 is 2.09 bits per heavy atom. The topological polar surface area (TPSA) is 97.7 Å². The zero-order chi connectivity index (χ0) is 23.7. The minimum absolute atomic E-state index is 0.225. The highest BCUT2D eigenvalue weighted by Gasteiger charge is 2.17. The molecule has 1 amide bonds. The second-order valence-corrected chi connectivity index (χ2v) is 8.57. The van der Waals surface area contributed by atoms with Crippen molar-refractivity contribution in [3.8, 4) is 0 Å². The Morgan fingerprint density at radius 3 is 2.94 bits per heavy atom. The summed E-state index contributed by atoms with van der Waals surface area (Å²) in [6.07, 6.45) is 5.16. The molecule has 0 spiro atoms. The average molecular weight is 475 g/mol. The summed E-state index contributed by atoms with van der Waals surface area (Å²) in [6, 6.07) is 12.1. The third-order valence-corrected chi connectivity index (χ3v) is 5.90. The van der Waals surface area contributed by atoms with E-state index in [0.29, 0.717) is 35.0 Å². The number of aryl methyl sites for hydroxylation is 1. The quantitative estimate of drug-likeness (QED) is 0.364. The first-order valence-corrected chi connectivity index (χ1v) is 11.2. The van der Waals surface area contributed by atoms with Crippen LogP contribution in [0.5, 0.6) is 0 Å². The van der Waals surface area contributed by atoms with Gasteiger partial charge >= 0.3 is 0 Å². The van der Waals surface area contributed by atoms with E-state index in [0.717, 1.165) is 33.1 Å². The summed E-state index contributed by atoms with van der Waals surface area (Å²) in [4.78, 5) is 24.9. The number of aromatic nitrogens is 5. The van der Waals surface area contributed by atoms with Crippen molar-refractivity contribution in [3.05, 3.63) is 88.1 Å². The van der Waals surface area contributed by atoms with Gasteiger partial charge in [-0.2, -0.15) is 5.10 Å². The summed E-state index contributed by atoms with van der Waals surface area (Å²) in [6.45, 7) is 3.06. The molecule has 2 N–H and O–H groups in total.